The molecule has 0 spiro atoms. The Kier molecular flexibility index (Phi) is 3.49. The molecule has 0 aromatic carbocycles. The van der Waals surface area contributed by atoms with Crippen LogP contribution in [0, 0.1) is 0 Å². The number of carboxylic acid groups (broad SMARTS) is 1. The van der Waals surface area contributed by atoms with Crippen molar-refractivity contribution in [3.05, 3.63) is 24.0 Å². The molecule has 0 radical (unpaired) electrons. The molecule has 1 heterocycles. The second kappa shape index (κ2) is 4.49. The first-order valence-electron chi connectivity index (χ1n) is 4.98. The van der Waals surface area contributed by atoms with Crippen molar-refractivity contribution in [3.63, 3.8) is 0 Å². The topological polar surface area (TPSA) is 82.5 Å². The van der Waals surface area contributed by atoms with Gasteiger partial charge in [-0.25, -0.2) is 9.78 Å². The van der Waals surface area contributed by atoms with Crippen LogP contribution in [0.2, 0.25) is 0 Å². The molecule has 1 unspecified atom stereocenters. The van der Waals surface area contributed by atoms with Gasteiger partial charge in [-0.15, -0.1) is 0 Å². The molecule has 1 aromatic rings. The van der Waals surface area contributed by atoms with Gasteiger partial charge in [0.05, 0.1) is 23.5 Å². The SMILES string of the molecule is CC(O)C(C)(C)Nc1ccc(C(=O)O)nc1. The van der Waals surface area contributed by atoms with Crippen molar-refractivity contribution in [2.75, 3.05) is 5.32 Å². The average molecular weight is 224 g/mol. The summed E-state index contributed by atoms with van der Waals surface area (Å²) in [6.45, 7) is 5.39. The Morgan fingerprint density at radius 3 is 2.50 bits per heavy atom. The van der Waals surface area contributed by atoms with E-state index in [0.29, 0.717) is 5.69 Å². The fraction of sp³-hybridized carbons (Fsp3) is 0.455. The van der Waals surface area contributed by atoms with Gasteiger partial charge in [0.1, 0.15) is 5.69 Å². The molecule has 16 heavy (non-hydrogen) atoms. The van der Waals surface area contributed by atoms with Crippen LogP contribution in [0.4, 0.5) is 5.69 Å². The number of aromatic nitrogens is 1. The second-order valence-electron chi connectivity index (χ2n) is 4.26. The molecule has 1 rings (SSSR count). The zero-order chi connectivity index (χ0) is 12.3. The predicted octanol–water partition coefficient (Wildman–Crippen LogP) is 1.35. The van der Waals surface area contributed by atoms with Gasteiger partial charge in [0.2, 0.25) is 0 Å². The number of hydrogen-bond acceptors (Lipinski definition) is 4. The number of rotatable bonds is 4. The highest BCUT2D eigenvalue weighted by atomic mass is 16.4. The van der Waals surface area contributed by atoms with Gasteiger partial charge in [-0.1, -0.05) is 0 Å². The van der Waals surface area contributed by atoms with Crippen LogP contribution < -0.4 is 5.32 Å². The molecule has 0 bridgehead atoms. The van der Waals surface area contributed by atoms with Crippen LogP contribution in [0.25, 0.3) is 0 Å². The number of pyridine rings is 1. The Balaban J connectivity index is 2.80. The third kappa shape index (κ3) is 2.93. The zero-order valence-corrected chi connectivity index (χ0v) is 9.56. The maximum Gasteiger partial charge on any atom is 0.354 e. The Bertz CT molecular complexity index is 371. The first-order valence-corrected chi connectivity index (χ1v) is 4.98. The van der Waals surface area contributed by atoms with Gasteiger partial charge in [0.15, 0.2) is 0 Å². The summed E-state index contributed by atoms with van der Waals surface area (Å²) < 4.78 is 0. The van der Waals surface area contributed by atoms with E-state index in [-0.39, 0.29) is 5.69 Å². The van der Waals surface area contributed by atoms with Crippen LogP contribution in [0.1, 0.15) is 31.3 Å². The van der Waals surface area contributed by atoms with E-state index in [1.54, 1.807) is 13.0 Å². The molecular formula is C11H16N2O3. The molecule has 0 aliphatic heterocycles. The summed E-state index contributed by atoms with van der Waals surface area (Å²) in [7, 11) is 0. The van der Waals surface area contributed by atoms with E-state index in [1.807, 2.05) is 13.8 Å². The Labute approximate surface area is 94.1 Å². The molecule has 1 atom stereocenters. The Morgan fingerprint density at radius 1 is 1.50 bits per heavy atom. The van der Waals surface area contributed by atoms with E-state index in [2.05, 4.69) is 10.3 Å². The molecule has 0 saturated carbocycles. The summed E-state index contributed by atoms with van der Waals surface area (Å²) >= 11 is 0. The highest BCUT2D eigenvalue weighted by molar-refractivity contribution is 5.85. The molecule has 0 aliphatic carbocycles. The van der Waals surface area contributed by atoms with E-state index in [9.17, 15) is 9.90 Å². The number of nitrogens with one attached hydrogen (secondary N) is 1. The predicted molar refractivity (Wildman–Crippen MR) is 60.6 cm³/mol. The maximum atomic E-state index is 10.6. The monoisotopic (exact) mass is 224 g/mol. The van der Waals surface area contributed by atoms with Crippen LogP contribution in [-0.4, -0.2) is 32.8 Å². The summed E-state index contributed by atoms with van der Waals surface area (Å²) in [5.41, 5.74) is 0.184. The Morgan fingerprint density at radius 2 is 2.12 bits per heavy atom. The number of aliphatic hydroxyl groups excluding tert-OH is 1. The minimum absolute atomic E-state index is 0.000373. The average Bonchev–Trinajstić information content (AvgIpc) is 2.17. The van der Waals surface area contributed by atoms with Crippen LogP contribution in [-0.2, 0) is 0 Å². The lowest BCUT2D eigenvalue weighted by Crippen LogP contribution is -2.41. The first-order chi connectivity index (χ1) is 7.33. The van der Waals surface area contributed by atoms with Gasteiger partial charge in [0.25, 0.3) is 0 Å². The molecular weight excluding hydrogens is 208 g/mol. The van der Waals surface area contributed by atoms with Crippen LogP contribution in [0.3, 0.4) is 0 Å². The number of nitrogens with zero attached hydrogens (tertiary/aromatic N) is 1. The van der Waals surface area contributed by atoms with E-state index in [0.717, 1.165) is 0 Å². The second-order valence-corrected chi connectivity index (χ2v) is 4.26. The molecule has 5 heteroatoms. The minimum Gasteiger partial charge on any atom is -0.477 e. The molecule has 1 aromatic heterocycles. The smallest absolute Gasteiger partial charge is 0.354 e. The minimum atomic E-state index is -1.05. The van der Waals surface area contributed by atoms with Crippen LogP contribution in [0.15, 0.2) is 18.3 Å². The highest BCUT2D eigenvalue weighted by Crippen LogP contribution is 2.17. The first kappa shape index (κ1) is 12.4. The van der Waals surface area contributed by atoms with Crippen molar-refractivity contribution < 1.29 is 15.0 Å². The third-order valence-corrected chi connectivity index (χ3v) is 2.49. The molecule has 5 nitrogen and oxygen atoms in total. The number of aliphatic hydroxyl groups is 1. The number of aromatic carboxylic acids is 1. The summed E-state index contributed by atoms with van der Waals surface area (Å²) in [6.07, 6.45) is 0.903. The molecule has 0 amide bonds. The van der Waals surface area contributed by atoms with E-state index in [1.165, 1.54) is 12.3 Å². The van der Waals surface area contributed by atoms with Crippen LogP contribution in [0.5, 0.6) is 0 Å². The van der Waals surface area contributed by atoms with Gasteiger partial charge in [-0.3, -0.25) is 0 Å². The summed E-state index contributed by atoms with van der Waals surface area (Å²) in [5.74, 6) is -1.05. The van der Waals surface area contributed by atoms with Crippen molar-refractivity contribution in [2.45, 2.75) is 32.4 Å². The lowest BCUT2D eigenvalue weighted by Gasteiger charge is -2.30. The van der Waals surface area contributed by atoms with Crippen LogP contribution >= 0.6 is 0 Å². The molecule has 0 fully saturated rings. The van der Waals surface area contributed by atoms with Crippen molar-refractivity contribution in [1.82, 2.24) is 4.98 Å². The van der Waals surface area contributed by atoms with E-state index >= 15 is 0 Å². The highest BCUT2D eigenvalue weighted by Gasteiger charge is 2.23. The Hall–Kier alpha value is -1.62. The molecule has 0 saturated heterocycles. The van der Waals surface area contributed by atoms with Gasteiger partial charge in [-0.05, 0) is 32.9 Å². The van der Waals surface area contributed by atoms with Crippen molar-refractivity contribution >= 4 is 11.7 Å². The van der Waals surface area contributed by atoms with Crippen molar-refractivity contribution in [2.24, 2.45) is 0 Å². The summed E-state index contributed by atoms with van der Waals surface area (Å²) in [4.78, 5) is 14.4. The molecule has 0 aliphatic rings. The molecule has 88 valence electrons. The van der Waals surface area contributed by atoms with Gasteiger partial charge < -0.3 is 15.5 Å². The van der Waals surface area contributed by atoms with Gasteiger partial charge >= 0.3 is 5.97 Å². The fourth-order valence-corrected chi connectivity index (χ4v) is 1.07. The standard InChI is InChI=1S/C11H16N2O3/c1-7(14)11(2,3)13-8-4-5-9(10(15)16)12-6-8/h4-7,13-14H,1-3H3,(H,15,16). The van der Waals surface area contributed by atoms with E-state index in [4.69, 9.17) is 5.11 Å². The number of carbonyl (C=O) groups is 1. The normalized spacial score (nSPS) is 13.2. The maximum absolute atomic E-state index is 10.6. The summed E-state index contributed by atoms with van der Waals surface area (Å²) in [5, 5.41) is 21.3. The van der Waals surface area contributed by atoms with E-state index < -0.39 is 17.6 Å². The molecule has 3 N–H and O–H groups in total. The largest absolute Gasteiger partial charge is 0.477 e. The lowest BCUT2D eigenvalue weighted by atomic mass is 9.98. The summed E-state index contributed by atoms with van der Waals surface area (Å²) in [6, 6.07) is 3.05. The van der Waals surface area contributed by atoms with Crippen molar-refractivity contribution in [3.8, 4) is 0 Å². The lowest BCUT2D eigenvalue weighted by molar-refractivity contribution is 0.0690. The van der Waals surface area contributed by atoms with Gasteiger partial charge in [-0.2, -0.15) is 0 Å². The number of anilines is 1. The quantitative estimate of drug-likeness (QED) is 0.719. The number of carboxylic acids is 1. The fourth-order valence-electron chi connectivity index (χ4n) is 1.07. The van der Waals surface area contributed by atoms with Gasteiger partial charge in [0, 0.05) is 0 Å². The third-order valence-electron chi connectivity index (χ3n) is 2.49. The van der Waals surface area contributed by atoms with Crippen molar-refractivity contribution in [1.29, 1.82) is 0 Å². The number of hydrogen-bond donors (Lipinski definition) is 3. The zero-order valence-electron chi connectivity index (χ0n) is 9.56.